The Morgan fingerprint density at radius 1 is 1.24 bits per heavy atom. The molecule has 1 unspecified atom stereocenters. The molecule has 3 aromatic rings. The van der Waals surface area contributed by atoms with Crippen molar-refractivity contribution in [3.63, 3.8) is 0 Å². The zero-order valence-electron chi connectivity index (χ0n) is 17.8. The molecule has 1 aromatic heterocycles. The van der Waals surface area contributed by atoms with Crippen molar-refractivity contribution in [2.45, 2.75) is 31.9 Å². The Bertz CT molecular complexity index is 1280. The molecule has 2 heterocycles. The van der Waals surface area contributed by atoms with Crippen LogP contribution in [0.3, 0.4) is 0 Å². The minimum atomic E-state index is -4.69. The van der Waals surface area contributed by atoms with E-state index in [-0.39, 0.29) is 24.3 Å². The van der Waals surface area contributed by atoms with Crippen molar-refractivity contribution in [3.8, 4) is 0 Å². The summed E-state index contributed by atoms with van der Waals surface area (Å²) in [7, 11) is 1.54. The number of nitrogens with zero attached hydrogens (tertiary/aromatic N) is 2. The van der Waals surface area contributed by atoms with Gasteiger partial charge in [-0.1, -0.05) is 6.07 Å². The van der Waals surface area contributed by atoms with E-state index in [1.54, 1.807) is 38.4 Å². The largest absolute Gasteiger partial charge is 0.416 e. The third kappa shape index (κ3) is 4.46. The van der Waals surface area contributed by atoms with Gasteiger partial charge in [-0.05, 0) is 48.4 Å². The van der Waals surface area contributed by atoms with Crippen LogP contribution in [0.2, 0.25) is 0 Å². The van der Waals surface area contributed by atoms with E-state index in [0.29, 0.717) is 23.0 Å². The summed E-state index contributed by atoms with van der Waals surface area (Å²) in [5.74, 6) is -2.62. The fourth-order valence-corrected chi connectivity index (χ4v) is 4.02. The number of carbonyl (C=O) groups excluding carboxylic acids is 2. The van der Waals surface area contributed by atoms with E-state index in [9.17, 15) is 27.2 Å². The molecule has 0 fully saturated rings. The van der Waals surface area contributed by atoms with Gasteiger partial charge in [0.2, 0.25) is 11.8 Å². The van der Waals surface area contributed by atoms with Crippen LogP contribution in [0.25, 0.3) is 10.9 Å². The summed E-state index contributed by atoms with van der Waals surface area (Å²) >= 11 is 0. The lowest BCUT2D eigenvalue weighted by Gasteiger charge is -2.33. The minimum absolute atomic E-state index is 0.0496. The molecule has 33 heavy (non-hydrogen) atoms. The van der Waals surface area contributed by atoms with Gasteiger partial charge in [0.05, 0.1) is 23.7 Å². The number of nitrogens with one attached hydrogen (secondary N) is 2. The number of aromatic nitrogens is 2. The zero-order valence-corrected chi connectivity index (χ0v) is 17.8. The highest BCUT2D eigenvalue weighted by molar-refractivity contribution is 5.95. The number of anilines is 1. The number of H-pyrrole nitrogens is 1. The fourth-order valence-electron chi connectivity index (χ4n) is 4.02. The maximum absolute atomic E-state index is 14.7. The molecule has 0 radical (unpaired) electrons. The molecule has 1 atom stereocenters. The Morgan fingerprint density at radius 3 is 2.70 bits per heavy atom. The van der Waals surface area contributed by atoms with Gasteiger partial charge >= 0.3 is 6.18 Å². The van der Waals surface area contributed by atoms with Gasteiger partial charge in [0.1, 0.15) is 5.82 Å². The highest BCUT2D eigenvalue weighted by Gasteiger charge is 2.35. The molecule has 0 saturated carbocycles. The van der Waals surface area contributed by atoms with Crippen molar-refractivity contribution in [1.29, 1.82) is 0 Å². The molecule has 6 nitrogen and oxygen atoms in total. The first-order valence-corrected chi connectivity index (χ1v) is 10.1. The van der Waals surface area contributed by atoms with Crippen molar-refractivity contribution < 1.29 is 27.2 Å². The Morgan fingerprint density at radius 2 is 2.00 bits per heavy atom. The molecule has 1 aliphatic rings. The topological polar surface area (TPSA) is 78.1 Å². The van der Waals surface area contributed by atoms with Gasteiger partial charge in [-0.25, -0.2) is 4.39 Å². The molecule has 0 bridgehead atoms. The Balaban J connectivity index is 1.63. The van der Waals surface area contributed by atoms with Crippen molar-refractivity contribution in [2.24, 2.45) is 0 Å². The predicted octanol–water partition coefficient (Wildman–Crippen LogP) is 4.97. The van der Waals surface area contributed by atoms with Crippen LogP contribution in [0.1, 0.15) is 36.8 Å². The Kier molecular flexibility index (Phi) is 5.69. The summed E-state index contributed by atoms with van der Waals surface area (Å²) < 4.78 is 53.6. The van der Waals surface area contributed by atoms with Crippen LogP contribution < -0.4 is 5.32 Å². The van der Waals surface area contributed by atoms with Crippen molar-refractivity contribution in [2.75, 3.05) is 12.4 Å². The lowest BCUT2D eigenvalue weighted by molar-refractivity contribution is -0.137. The second kappa shape index (κ2) is 8.34. The van der Waals surface area contributed by atoms with E-state index in [1.807, 2.05) is 0 Å². The number of benzene rings is 2. The quantitative estimate of drug-likeness (QED) is 0.540. The smallest absolute Gasteiger partial charge is 0.326 e. The van der Waals surface area contributed by atoms with Crippen LogP contribution in [-0.2, 0) is 15.8 Å². The maximum atomic E-state index is 14.7. The van der Waals surface area contributed by atoms with Crippen LogP contribution >= 0.6 is 0 Å². The molecule has 0 saturated heterocycles. The van der Waals surface area contributed by atoms with Crippen molar-refractivity contribution in [3.05, 3.63) is 70.8 Å². The Hall–Kier alpha value is -3.69. The molecule has 4 rings (SSSR count). The molecular formula is C23H20F4N4O2. The molecule has 2 aromatic carbocycles. The fraction of sp³-hybridized carbons (Fsp3) is 0.261. The average molecular weight is 460 g/mol. The summed E-state index contributed by atoms with van der Waals surface area (Å²) in [6.07, 6.45) is -3.38. The number of aromatic amines is 1. The standard InChI is InChI=1S/C23H20F4N4O2/c1-12-17(9-21(32)29-15-4-6-20-13(7-15)11-28-30-20)18(10-22(33)31(12)2)16-5-3-14(8-19(16)24)23(25,26)27/h3-8,11,18H,9-10H2,1-2H3,(H,28,30)(H,29,32). The van der Waals surface area contributed by atoms with E-state index < -0.39 is 29.4 Å². The third-order valence-electron chi connectivity index (χ3n) is 5.92. The number of rotatable bonds is 4. The highest BCUT2D eigenvalue weighted by Crippen LogP contribution is 2.40. The van der Waals surface area contributed by atoms with E-state index in [0.717, 1.165) is 23.0 Å². The summed E-state index contributed by atoms with van der Waals surface area (Å²) in [4.78, 5) is 26.6. The van der Waals surface area contributed by atoms with Crippen molar-refractivity contribution in [1.82, 2.24) is 15.1 Å². The number of hydrogen-bond acceptors (Lipinski definition) is 3. The predicted molar refractivity (Wildman–Crippen MR) is 114 cm³/mol. The first-order valence-electron chi connectivity index (χ1n) is 10.1. The minimum Gasteiger partial charge on any atom is -0.326 e. The number of amides is 2. The van der Waals surface area contributed by atoms with Gasteiger partial charge in [-0.2, -0.15) is 18.3 Å². The number of hydrogen-bond donors (Lipinski definition) is 2. The molecular weight excluding hydrogens is 440 g/mol. The van der Waals surface area contributed by atoms with Crippen molar-refractivity contribution >= 4 is 28.4 Å². The van der Waals surface area contributed by atoms with Crippen LogP contribution in [0.5, 0.6) is 0 Å². The second-order valence-corrected chi connectivity index (χ2v) is 7.95. The number of fused-ring (bicyclic) bond motifs is 1. The van der Waals surface area contributed by atoms with Gasteiger partial charge in [0, 0.05) is 36.2 Å². The van der Waals surface area contributed by atoms with Crippen LogP contribution in [0.4, 0.5) is 23.2 Å². The molecule has 2 N–H and O–H groups in total. The molecule has 172 valence electrons. The van der Waals surface area contributed by atoms with E-state index in [1.165, 1.54) is 4.90 Å². The summed E-state index contributed by atoms with van der Waals surface area (Å²) in [6.45, 7) is 1.63. The van der Waals surface area contributed by atoms with E-state index >= 15 is 0 Å². The third-order valence-corrected chi connectivity index (χ3v) is 5.92. The summed E-state index contributed by atoms with van der Waals surface area (Å²) in [5.41, 5.74) is 1.11. The number of allylic oxidation sites excluding steroid dienone is 1. The average Bonchev–Trinajstić information content (AvgIpc) is 3.21. The molecule has 10 heteroatoms. The first-order chi connectivity index (χ1) is 15.5. The maximum Gasteiger partial charge on any atom is 0.416 e. The lowest BCUT2D eigenvalue weighted by Crippen LogP contribution is -2.34. The summed E-state index contributed by atoms with van der Waals surface area (Å²) in [6, 6.07) is 7.44. The van der Waals surface area contributed by atoms with Crippen LogP contribution in [-0.4, -0.2) is 34.0 Å². The number of halogens is 4. The van der Waals surface area contributed by atoms with Crippen LogP contribution in [0.15, 0.2) is 53.9 Å². The second-order valence-electron chi connectivity index (χ2n) is 7.95. The highest BCUT2D eigenvalue weighted by atomic mass is 19.4. The van der Waals surface area contributed by atoms with Crippen LogP contribution in [0, 0.1) is 5.82 Å². The summed E-state index contributed by atoms with van der Waals surface area (Å²) in [5, 5.41) is 10.3. The monoisotopic (exact) mass is 460 g/mol. The molecule has 0 spiro atoms. The first kappa shape index (κ1) is 22.5. The number of alkyl halides is 3. The molecule has 2 amide bonds. The Labute approximate surface area is 186 Å². The SMILES string of the molecule is CC1=C(CC(=O)Nc2ccc3[nH]ncc3c2)C(c2ccc(C(F)(F)F)cc2F)CC(=O)N1C. The van der Waals surface area contributed by atoms with Gasteiger partial charge in [0.25, 0.3) is 0 Å². The lowest BCUT2D eigenvalue weighted by atomic mass is 9.81. The zero-order chi connectivity index (χ0) is 23.9. The normalized spacial score (nSPS) is 17.1. The van der Waals surface area contributed by atoms with Gasteiger partial charge in [0.15, 0.2) is 0 Å². The molecule has 1 aliphatic heterocycles. The van der Waals surface area contributed by atoms with E-state index in [4.69, 9.17) is 0 Å². The number of carbonyl (C=O) groups is 2. The van der Waals surface area contributed by atoms with E-state index in [2.05, 4.69) is 15.5 Å². The molecule has 0 aliphatic carbocycles. The van der Waals surface area contributed by atoms with Gasteiger partial charge in [-0.3, -0.25) is 14.7 Å². The van der Waals surface area contributed by atoms with Gasteiger partial charge in [-0.15, -0.1) is 0 Å². The van der Waals surface area contributed by atoms with Gasteiger partial charge < -0.3 is 10.2 Å².